The molecule has 0 aliphatic rings. The smallest absolute Gasteiger partial charge is 0.141 e. The quantitative estimate of drug-likeness (QED) is 0.729. The summed E-state index contributed by atoms with van der Waals surface area (Å²) in [5.41, 5.74) is 0.662. The topological polar surface area (TPSA) is 33.1 Å². The number of aromatic nitrogens is 1. The molecule has 0 aliphatic heterocycles. The summed E-state index contributed by atoms with van der Waals surface area (Å²) in [6.07, 6.45) is 1.67. The van der Waals surface area contributed by atoms with E-state index in [-0.39, 0.29) is 32.0 Å². The molecule has 2 rings (SSSR count). The van der Waals surface area contributed by atoms with Crippen LogP contribution in [0, 0.1) is 0 Å². The second-order valence-corrected chi connectivity index (χ2v) is 2.35. The van der Waals surface area contributed by atoms with Crippen LogP contribution in [-0.2, 0) is 0 Å². The summed E-state index contributed by atoms with van der Waals surface area (Å²) >= 11 is 0. The van der Waals surface area contributed by atoms with E-state index in [4.69, 9.17) is 0 Å². The predicted molar refractivity (Wildman–Crippen MR) is 49.2 cm³/mol. The van der Waals surface area contributed by atoms with Crippen molar-refractivity contribution in [1.29, 1.82) is 0 Å². The maximum Gasteiger partial charge on any atom is 0.141 e. The first-order valence-electron chi connectivity index (χ1n) is 3.40. The van der Waals surface area contributed by atoms with Crippen LogP contribution in [0.15, 0.2) is 36.5 Å². The molecule has 1 heterocycles. The molecule has 0 atom stereocenters. The number of pyridine rings is 1. The summed E-state index contributed by atoms with van der Waals surface area (Å²) in [6.45, 7) is 0. The van der Waals surface area contributed by atoms with Gasteiger partial charge in [0.2, 0.25) is 0 Å². The average Bonchev–Trinajstić information content (AvgIpc) is 2.06. The van der Waals surface area contributed by atoms with E-state index < -0.39 is 0 Å². The number of benzene rings is 1. The maximum absolute atomic E-state index is 9.31. The minimum absolute atomic E-state index is 0. The SMILES string of the molecule is Oc1cccc2cccnc12.[Bi]. The van der Waals surface area contributed by atoms with E-state index in [2.05, 4.69) is 4.98 Å². The Balaban J connectivity index is 0.000000720. The van der Waals surface area contributed by atoms with E-state index in [1.54, 1.807) is 18.3 Å². The van der Waals surface area contributed by atoms with Gasteiger partial charge in [0.05, 0.1) is 0 Å². The summed E-state index contributed by atoms with van der Waals surface area (Å²) in [5, 5.41) is 10.3. The van der Waals surface area contributed by atoms with Gasteiger partial charge in [0.15, 0.2) is 0 Å². The monoisotopic (exact) mass is 354 g/mol. The Labute approximate surface area is 89.4 Å². The van der Waals surface area contributed by atoms with E-state index >= 15 is 0 Å². The van der Waals surface area contributed by atoms with Crippen molar-refractivity contribution in [1.82, 2.24) is 4.98 Å². The average molecular weight is 354 g/mol. The Hall–Kier alpha value is -0.687. The third-order valence-corrected chi connectivity index (χ3v) is 1.61. The van der Waals surface area contributed by atoms with Gasteiger partial charge < -0.3 is 5.11 Å². The van der Waals surface area contributed by atoms with Gasteiger partial charge in [-0.25, -0.2) is 0 Å². The Morgan fingerprint density at radius 1 is 1.08 bits per heavy atom. The minimum atomic E-state index is 0. The first kappa shape index (κ1) is 9.40. The van der Waals surface area contributed by atoms with Crippen LogP contribution in [0.25, 0.3) is 10.9 Å². The molecule has 2 nitrogen and oxygen atoms in total. The molecule has 1 aromatic carbocycles. The number of rotatable bonds is 0. The molecule has 3 radical (unpaired) electrons. The molecular weight excluding hydrogens is 347 g/mol. The van der Waals surface area contributed by atoms with Crippen LogP contribution in [0.4, 0.5) is 0 Å². The summed E-state index contributed by atoms with van der Waals surface area (Å²) < 4.78 is 0. The second-order valence-electron chi connectivity index (χ2n) is 2.35. The Morgan fingerprint density at radius 2 is 1.83 bits per heavy atom. The zero-order chi connectivity index (χ0) is 7.68. The predicted octanol–water partition coefficient (Wildman–Crippen LogP) is 1.56. The van der Waals surface area contributed by atoms with Crippen LogP contribution in [-0.4, -0.2) is 36.3 Å². The van der Waals surface area contributed by atoms with Gasteiger partial charge in [0.25, 0.3) is 0 Å². The van der Waals surface area contributed by atoms with Gasteiger partial charge >= 0.3 is 0 Å². The fraction of sp³-hybridized carbons (Fsp3) is 0. The fourth-order valence-corrected chi connectivity index (χ4v) is 1.09. The third kappa shape index (κ3) is 1.56. The first-order chi connectivity index (χ1) is 5.38. The van der Waals surface area contributed by atoms with Crippen LogP contribution < -0.4 is 0 Å². The molecule has 0 aliphatic carbocycles. The Bertz CT molecular complexity index is 384. The molecule has 3 heteroatoms. The molecule has 0 saturated carbocycles. The number of nitrogens with zero attached hydrogens (tertiary/aromatic N) is 1. The van der Waals surface area contributed by atoms with Crippen molar-refractivity contribution in [2.45, 2.75) is 0 Å². The Kier molecular flexibility index (Phi) is 2.99. The number of aromatic hydroxyl groups is 1. The van der Waals surface area contributed by atoms with Crippen molar-refractivity contribution < 1.29 is 5.11 Å². The van der Waals surface area contributed by atoms with Crippen molar-refractivity contribution >= 4 is 37.1 Å². The molecule has 1 N–H and O–H groups in total. The van der Waals surface area contributed by atoms with Gasteiger partial charge in [-0.2, -0.15) is 0 Å². The normalized spacial score (nSPS) is 9.33. The maximum atomic E-state index is 9.31. The number of phenols is 1. The third-order valence-electron chi connectivity index (χ3n) is 1.61. The second kappa shape index (κ2) is 3.81. The van der Waals surface area contributed by atoms with E-state index in [0.29, 0.717) is 5.52 Å². The summed E-state index contributed by atoms with van der Waals surface area (Å²) in [5.74, 6) is 0.239. The zero-order valence-corrected chi connectivity index (χ0v) is 9.78. The molecule has 0 amide bonds. The van der Waals surface area contributed by atoms with Gasteiger partial charge in [0.1, 0.15) is 11.3 Å². The van der Waals surface area contributed by atoms with E-state index in [1.165, 1.54) is 0 Å². The van der Waals surface area contributed by atoms with Crippen molar-refractivity contribution in [3.63, 3.8) is 0 Å². The van der Waals surface area contributed by atoms with Crippen molar-refractivity contribution in [3.05, 3.63) is 36.5 Å². The largest absolute Gasteiger partial charge is 0.506 e. The van der Waals surface area contributed by atoms with Gasteiger partial charge in [0, 0.05) is 37.8 Å². The number of para-hydroxylation sites is 1. The van der Waals surface area contributed by atoms with Crippen molar-refractivity contribution in [2.75, 3.05) is 0 Å². The number of phenolic OH excluding ortho intramolecular Hbond substituents is 1. The molecular formula is C9H7BiNO. The van der Waals surface area contributed by atoms with Crippen LogP contribution in [0.5, 0.6) is 5.75 Å². The van der Waals surface area contributed by atoms with Crippen LogP contribution in [0.1, 0.15) is 0 Å². The fourth-order valence-electron chi connectivity index (χ4n) is 1.09. The van der Waals surface area contributed by atoms with Crippen molar-refractivity contribution in [2.24, 2.45) is 0 Å². The first-order valence-corrected chi connectivity index (χ1v) is 3.40. The molecule has 0 bridgehead atoms. The van der Waals surface area contributed by atoms with Gasteiger partial charge in [-0.1, -0.05) is 18.2 Å². The van der Waals surface area contributed by atoms with E-state index in [0.717, 1.165) is 5.39 Å². The van der Waals surface area contributed by atoms with Crippen LogP contribution in [0.2, 0.25) is 0 Å². The van der Waals surface area contributed by atoms with E-state index in [1.807, 2.05) is 18.2 Å². The van der Waals surface area contributed by atoms with Crippen molar-refractivity contribution in [3.8, 4) is 5.75 Å². The molecule has 1 aromatic heterocycles. The molecule has 12 heavy (non-hydrogen) atoms. The van der Waals surface area contributed by atoms with Crippen LogP contribution >= 0.6 is 0 Å². The molecule has 0 spiro atoms. The standard InChI is InChI=1S/C9H7NO.Bi/c11-8-5-1-3-7-4-2-6-10-9(7)8;/h1-6,11H;. The summed E-state index contributed by atoms with van der Waals surface area (Å²) in [4.78, 5) is 4.03. The van der Waals surface area contributed by atoms with Gasteiger partial charge in [-0.05, 0) is 12.1 Å². The molecule has 59 valence electrons. The van der Waals surface area contributed by atoms with Gasteiger partial charge in [-0.3, -0.25) is 4.98 Å². The number of fused-ring (bicyclic) bond motifs is 1. The molecule has 0 saturated heterocycles. The zero-order valence-electron chi connectivity index (χ0n) is 6.31. The molecule has 2 aromatic rings. The minimum Gasteiger partial charge on any atom is -0.506 e. The summed E-state index contributed by atoms with van der Waals surface area (Å²) in [7, 11) is 0. The Morgan fingerprint density at radius 3 is 2.58 bits per heavy atom. The van der Waals surface area contributed by atoms with E-state index in [9.17, 15) is 5.11 Å². The molecule has 0 unspecified atom stereocenters. The van der Waals surface area contributed by atoms with Crippen LogP contribution in [0.3, 0.4) is 0 Å². The molecule has 0 fully saturated rings. The van der Waals surface area contributed by atoms with Gasteiger partial charge in [-0.15, -0.1) is 0 Å². The number of hydrogen-bond acceptors (Lipinski definition) is 2. The summed E-state index contributed by atoms with van der Waals surface area (Å²) in [6, 6.07) is 9.13. The number of hydrogen-bond donors (Lipinski definition) is 1.